The van der Waals surface area contributed by atoms with E-state index in [2.05, 4.69) is 5.16 Å². The summed E-state index contributed by atoms with van der Waals surface area (Å²) in [5.41, 5.74) is 2.68. The van der Waals surface area contributed by atoms with Crippen LogP contribution in [0.3, 0.4) is 0 Å². The number of amides is 1. The molecule has 0 bridgehead atoms. The van der Waals surface area contributed by atoms with Crippen LogP contribution in [0, 0.1) is 0 Å². The van der Waals surface area contributed by atoms with Gasteiger partial charge in [0, 0.05) is 29.1 Å². The molecule has 0 saturated carbocycles. The summed E-state index contributed by atoms with van der Waals surface area (Å²) in [6.45, 7) is 1.18. The molecule has 1 amide bonds. The highest BCUT2D eigenvalue weighted by Gasteiger charge is 2.28. The maximum absolute atomic E-state index is 12.0. The fourth-order valence-corrected chi connectivity index (χ4v) is 2.62. The fourth-order valence-electron chi connectivity index (χ4n) is 2.41. The third-order valence-corrected chi connectivity index (χ3v) is 3.91. The van der Waals surface area contributed by atoms with Crippen LogP contribution in [-0.4, -0.2) is 35.2 Å². The zero-order valence-electron chi connectivity index (χ0n) is 11.7. The van der Waals surface area contributed by atoms with E-state index < -0.39 is 0 Å². The van der Waals surface area contributed by atoms with Crippen LogP contribution in [0.25, 0.3) is 11.3 Å². The van der Waals surface area contributed by atoms with Crippen molar-refractivity contribution in [3.63, 3.8) is 0 Å². The standard InChI is InChI=1S/C15H14Cl2N2O3/c16-6-8-21-15(20)19-7-5-13-12(9-19)14(22-18-13)10-1-3-11(17)4-2-10/h1-4H,5-9H2. The summed E-state index contributed by atoms with van der Waals surface area (Å²) in [6, 6.07) is 7.32. The Bertz CT molecular complexity index is 670. The van der Waals surface area contributed by atoms with Gasteiger partial charge in [0.1, 0.15) is 6.61 Å². The quantitative estimate of drug-likeness (QED) is 0.799. The monoisotopic (exact) mass is 340 g/mol. The first-order valence-corrected chi connectivity index (χ1v) is 7.81. The van der Waals surface area contributed by atoms with Crippen LogP contribution in [0.4, 0.5) is 4.79 Å². The molecular weight excluding hydrogens is 327 g/mol. The second kappa shape index (κ2) is 6.58. The average Bonchev–Trinajstić information content (AvgIpc) is 2.96. The molecule has 2 heterocycles. The molecule has 0 atom stereocenters. The fraction of sp³-hybridized carbons (Fsp3) is 0.333. The van der Waals surface area contributed by atoms with E-state index in [0.717, 1.165) is 16.8 Å². The summed E-state index contributed by atoms with van der Waals surface area (Å²) in [6.07, 6.45) is 0.275. The molecule has 116 valence electrons. The second-order valence-corrected chi connectivity index (χ2v) is 5.73. The van der Waals surface area contributed by atoms with Gasteiger partial charge in [-0.3, -0.25) is 0 Å². The van der Waals surface area contributed by atoms with Gasteiger partial charge in [-0.15, -0.1) is 11.6 Å². The van der Waals surface area contributed by atoms with E-state index in [4.69, 9.17) is 32.5 Å². The van der Waals surface area contributed by atoms with Gasteiger partial charge in [-0.1, -0.05) is 16.8 Å². The van der Waals surface area contributed by atoms with Gasteiger partial charge in [0.2, 0.25) is 0 Å². The number of carbonyl (C=O) groups excluding carboxylic acids is 1. The van der Waals surface area contributed by atoms with Crippen molar-refractivity contribution in [2.24, 2.45) is 0 Å². The molecule has 3 rings (SSSR count). The van der Waals surface area contributed by atoms with Gasteiger partial charge in [-0.2, -0.15) is 0 Å². The van der Waals surface area contributed by atoms with Crippen molar-refractivity contribution in [1.29, 1.82) is 0 Å². The van der Waals surface area contributed by atoms with Crippen molar-refractivity contribution in [1.82, 2.24) is 10.1 Å². The lowest BCUT2D eigenvalue weighted by Gasteiger charge is -2.25. The molecule has 0 aliphatic carbocycles. The van der Waals surface area contributed by atoms with Gasteiger partial charge in [-0.25, -0.2) is 4.79 Å². The molecule has 1 aliphatic rings. The highest BCUT2D eigenvalue weighted by molar-refractivity contribution is 6.30. The Kier molecular flexibility index (Phi) is 4.55. The third kappa shape index (κ3) is 3.05. The number of ether oxygens (including phenoxy) is 1. The van der Waals surface area contributed by atoms with Gasteiger partial charge in [0.25, 0.3) is 0 Å². The van der Waals surface area contributed by atoms with E-state index in [9.17, 15) is 4.79 Å². The van der Waals surface area contributed by atoms with E-state index in [1.54, 1.807) is 17.0 Å². The van der Waals surface area contributed by atoms with Crippen molar-refractivity contribution >= 4 is 29.3 Å². The number of hydrogen-bond acceptors (Lipinski definition) is 4. The molecule has 0 fully saturated rings. The maximum Gasteiger partial charge on any atom is 0.410 e. The number of alkyl halides is 1. The lowest BCUT2D eigenvalue weighted by Crippen LogP contribution is -2.36. The minimum absolute atomic E-state index is 0.206. The second-order valence-electron chi connectivity index (χ2n) is 4.92. The normalized spacial score (nSPS) is 13.8. The van der Waals surface area contributed by atoms with Crippen LogP contribution in [0.1, 0.15) is 11.3 Å². The van der Waals surface area contributed by atoms with Crippen LogP contribution in [0.2, 0.25) is 5.02 Å². The summed E-state index contributed by atoms with van der Waals surface area (Å²) in [5, 5.41) is 4.76. The van der Waals surface area contributed by atoms with Crippen LogP contribution in [0.15, 0.2) is 28.8 Å². The third-order valence-electron chi connectivity index (χ3n) is 3.50. The van der Waals surface area contributed by atoms with Crippen LogP contribution in [-0.2, 0) is 17.7 Å². The van der Waals surface area contributed by atoms with E-state index in [-0.39, 0.29) is 18.6 Å². The Morgan fingerprint density at radius 1 is 1.36 bits per heavy atom. The molecule has 1 aromatic carbocycles. The minimum Gasteiger partial charge on any atom is -0.448 e. The summed E-state index contributed by atoms with van der Waals surface area (Å²) >= 11 is 11.4. The van der Waals surface area contributed by atoms with E-state index in [1.165, 1.54) is 0 Å². The molecule has 22 heavy (non-hydrogen) atoms. The zero-order valence-corrected chi connectivity index (χ0v) is 13.2. The lowest BCUT2D eigenvalue weighted by molar-refractivity contribution is 0.103. The number of rotatable bonds is 3. The minimum atomic E-state index is -0.366. The molecule has 0 radical (unpaired) electrons. The predicted octanol–water partition coefficient (Wildman–Crippen LogP) is 3.73. The number of hydrogen-bond donors (Lipinski definition) is 0. The molecule has 0 saturated heterocycles. The van der Waals surface area contributed by atoms with Gasteiger partial charge >= 0.3 is 6.09 Å². The predicted molar refractivity (Wildman–Crippen MR) is 83.1 cm³/mol. The Hall–Kier alpha value is -1.72. The maximum atomic E-state index is 12.0. The lowest BCUT2D eigenvalue weighted by atomic mass is 10.0. The number of halogens is 2. The Balaban J connectivity index is 1.82. The summed E-state index contributed by atoms with van der Waals surface area (Å²) < 4.78 is 10.5. The first-order valence-electron chi connectivity index (χ1n) is 6.90. The van der Waals surface area contributed by atoms with Crippen LogP contribution >= 0.6 is 23.2 Å². The van der Waals surface area contributed by atoms with Crippen molar-refractivity contribution in [2.45, 2.75) is 13.0 Å². The SMILES string of the molecule is O=C(OCCCl)N1CCc2noc(-c3ccc(Cl)cc3)c2C1. The molecular formula is C15H14Cl2N2O3. The first-order chi connectivity index (χ1) is 10.7. The molecule has 7 heteroatoms. The Labute approximate surface area is 137 Å². The zero-order chi connectivity index (χ0) is 15.5. The largest absolute Gasteiger partial charge is 0.448 e. The Morgan fingerprint density at radius 3 is 2.86 bits per heavy atom. The number of nitrogens with zero attached hydrogens (tertiary/aromatic N) is 2. The molecule has 1 aromatic heterocycles. The van der Waals surface area contributed by atoms with E-state index in [1.807, 2.05) is 12.1 Å². The topological polar surface area (TPSA) is 55.6 Å². The molecule has 1 aliphatic heterocycles. The van der Waals surface area contributed by atoms with Gasteiger partial charge in [0.15, 0.2) is 5.76 Å². The number of fused-ring (bicyclic) bond motifs is 1. The Morgan fingerprint density at radius 2 is 2.14 bits per heavy atom. The summed E-state index contributed by atoms with van der Waals surface area (Å²) in [7, 11) is 0. The average molecular weight is 341 g/mol. The number of aromatic nitrogens is 1. The molecule has 0 N–H and O–H groups in total. The van der Waals surface area contributed by atoms with Crippen molar-refractivity contribution < 1.29 is 14.1 Å². The van der Waals surface area contributed by atoms with Gasteiger partial charge in [-0.05, 0) is 24.3 Å². The van der Waals surface area contributed by atoms with Gasteiger partial charge < -0.3 is 14.2 Å². The smallest absolute Gasteiger partial charge is 0.410 e. The first kappa shape index (κ1) is 15.2. The van der Waals surface area contributed by atoms with E-state index in [0.29, 0.717) is 30.3 Å². The highest BCUT2D eigenvalue weighted by atomic mass is 35.5. The summed E-state index contributed by atoms with van der Waals surface area (Å²) in [4.78, 5) is 13.6. The molecule has 0 unspecified atom stereocenters. The number of carbonyl (C=O) groups is 1. The van der Waals surface area contributed by atoms with Crippen LogP contribution in [0.5, 0.6) is 0 Å². The van der Waals surface area contributed by atoms with Crippen molar-refractivity contribution in [3.05, 3.63) is 40.5 Å². The van der Waals surface area contributed by atoms with Crippen molar-refractivity contribution in [2.75, 3.05) is 19.0 Å². The summed E-state index contributed by atoms with van der Waals surface area (Å²) in [5.74, 6) is 0.954. The molecule has 5 nitrogen and oxygen atoms in total. The van der Waals surface area contributed by atoms with Crippen LogP contribution < -0.4 is 0 Å². The highest BCUT2D eigenvalue weighted by Crippen LogP contribution is 2.31. The van der Waals surface area contributed by atoms with Gasteiger partial charge in [0.05, 0.1) is 18.1 Å². The van der Waals surface area contributed by atoms with E-state index >= 15 is 0 Å². The van der Waals surface area contributed by atoms with Crippen molar-refractivity contribution in [3.8, 4) is 11.3 Å². The number of benzene rings is 1. The molecule has 2 aromatic rings. The molecule has 0 spiro atoms.